The zero-order valence-corrected chi connectivity index (χ0v) is 29.6. The summed E-state index contributed by atoms with van der Waals surface area (Å²) in [5.74, 6) is 0.513. The van der Waals surface area contributed by atoms with Crippen molar-refractivity contribution in [2.75, 3.05) is 0 Å². The molecule has 1 aliphatic rings. The van der Waals surface area contributed by atoms with E-state index >= 15 is 0 Å². The van der Waals surface area contributed by atoms with Gasteiger partial charge in [0.1, 0.15) is 0 Å². The smallest absolute Gasteiger partial charge is 0.160 e. The Labute approximate surface area is 312 Å². The van der Waals surface area contributed by atoms with Crippen molar-refractivity contribution in [3.8, 4) is 67.3 Å². The van der Waals surface area contributed by atoms with Gasteiger partial charge in [-0.05, 0) is 93.0 Å². The highest BCUT2D eigenvalue weighted by Gasteiger charge is 2.35. The third-order valence-electron chi connectivity index (χ3n) is 10.4. The summed E-state index contributed by atoms with van der Waals surface area (Å²) in [6.45, 7) is 4.54. The molecule has 1 aliphatic carbocycles. The van der Waals surface area contributed by atoms with Gasteiger partial charge in [-0.15, -0.1) is 11.3 Å². The molecule has 52 heavy (non-hydrogen) atoms. The van der Waals surface area contributed by atoms with Gasteiger partial charge in [0.15, 0.2) is 5.82 Å². The number of benzene rings is 7. The van der Waals surface area contributed by atoms with Crippen molar-refractivity contribution in [1.82, 2.24) is 9.97 Å². The Morgan fingerprint density at radius 3 is 1.85 bits per heavy atom. The Hall–Kier alpha value is -6.16. The molecule has 0 radical (unpaired) electrons. The summed E-state index contributed by atoms with van der Waals surface area (Å²) in [5, 5.41) is 2.24. The lowest BCUT2D eigenvalue weighted by Gasteiger charge is -2.22. The number of hydrogen-bond acceptors (Lipinski definition) is 3. The molecule has 7 aromatic carbocycles. The quantitative estimate of drug-likeness (QED) is 0.180. The molecule has 0 saturated heterocycles. The van der Waals surface area contributed by atoms with Crippen molar-refractivity contribution in [3.63, 3.8) is 0 Å². The van der Waals surface area contributed by atoms with Crippen molar-refractivity contribution in [2.24, 2.45) is 0 Å². The second-order valence-electron chi connectivity index (χ2n) is 13.9. The number of nitrogens with zero attached hydrogens (tertiary/aromatic N) is 2. The van der Waals surface area contributed by atoms with Crippen LogP contribution in [0.5, 0.6) is 0 Å². The first-order valence-electron chi connectivity index (χ1n) is 19.1. The van der Waals surface area contributed by atoms with Crippen molar-refractivity contribution in [1.29, 1.82) is 0 Å². The Balaban J connectivity index is 1.24. The molecule has 0 N–H and O–H groups in total. The van der Waals surface area contributed by atoms with Gasteiger partial charge in [0.25, 0.3) is 0 Å². The summed E-state index contributed by atoms with van der Waals surface area (Å²) in [6, 6.07) is 51.5. The fraction of sp³-hybridized carbons (Fsp3) is 0.0612. The first-order chi connectivity index (χ1) is 26.8. The van der Waals surface area contributed by atoms with E-state index in [1.54, 1.807) is 11.3 Å². The number of aromatic nitrogens is 2. The highest BCUT2D eigenvalue weighted by molar-refractivity contribution is 7.25. The fourth-order valence-electron chi connectivity index (χ4n) is 7.68. The van der Waals surface area contributed by atoms with Gasteiger partial charge in [-0.1, -0.05) is 135 Å². The van der Waals surface area contributed by atoms with Crippen molar-refractivity contribution in [3.05, 3.63) is 181 Å². The van der Waals surface area contributed by atoms with Crippen molar-refractivity contribution < 1.29 is 4.11 Å². The predicted octanol–water partition coefficient (Wildman–Crippen LogP) is 13.5. The molecule has 0 fully saturated rings. The lowest BCUT2D eigenvalue weighted by molar-refractivity contribution is 0.660. The minimum absolute atomic E-state index is 0.0983. The van der Waals surface area contributed by atoms with E-state index in [1.807, 2.05) is 78.9 Å². The van der Waals surface area contributed by atoms with Crippen LogP contribution >= 0.6 is 11.3 Å². The third kappa shape index (κ3) is 5.08. The van der Waals surface area contributed by atoms with Crippen LogP contribution in [-0.2, 0) is 5.41 Å². The zero-order valence-electron chi connectivity index (χ0n) is 31.7. The van der Waals surface area contributed by atoms with Crippen LogP contribution in [-0.4, -0.2) is 9.97 Å². The standard InChI is InChI=1S/C49H34N2S/c1-49(2)42-19-11-9-17-38(42)39-23-21-34(29-43(39)49)44-30-45(51-48(50-44)32-15-7-4-8-16-32)37-26-35(31-13-5-3-6-14-31)25-36(27-37)33-22-24-47-41(28-33)40-18-10-12-20-46(40)52-47/h3-30H,1-2H3/i25D,26D,27D. The van der Waals surface area contributed by atoms with Gasteiger partial charge >= 0.3 is 0 Å². The summed E-state index contributed by atoms with van der Waals surface area (Å²) in [7, 11) is 0. The highest BCUT2D eigenvalue weighted by atomic mass is 32.1. The maximum atomic E-state index is 9.88. The monoisotopic (exact) mass is 685 g/mol. The Kier molecular flexibility index (Phi) is 6.34. The van der Waals surface area contributed by atoms with Crippen molar-refractivity contribution >= 4 is 31.5 Å². The molecule has 0 amide bonds. The van der Waals surface area contributed by atoms with E-state index < -0.39 is 0 Å². The lowest BCUT2D eigenvalue weighted by Crippen LogP contribution is -2.14. The first-order valence-corrected chi connectivity index (χ1v) is 18.4. The molecule has 9 aromatic rings. The van der Waals surface area contributed by atoms with Gasteiger partial charge in [-0.3, -0.25) is 0 Å². The summed E-state index contributed by atoms with van der Waals surface area (Å²) >= 11 is 1.74. The summed E-state index contributed by atoms with van der Waals surface area (Å²) in [5.41, 5.74) is 10.6. The van der Waals surface area contributed by atoms with E-state index in [9.17, 15) is 4.11 Å². The van der Waals surface area contributed by atoms with E-state index in [1.165, 1.54) is 27.0 Å². The molecular weight excluding hydrogens is 649 g/mol. The van der Waals surface area contributed by atoms with Crippen LogP contribution in [0.15, 0.2) is 170 Å². The second kappa shape index (κ2) is 12.0. The second-order valence-corrected chi connectivity index (χ2v) is 15.0. The van der Waals surface area contributed by atoms with Crippen LogP contribution in [0.2, 0.25) is 0 Å². The average molecular weight is 686 g/mol. The largest absolute Gasteiger partial charge is 0.228 e. The van der Waals surface area contributed by atoms with Gasteiger partial charge in [-0.2, -0.15) is 0 Å². The molecule has 2 heterocycles. The van der Waals surface area contributed by atoms with Crippen LogP contribution in [0, 0.1) is 0 Å². The molecule has 0 aliphatic heterocycles. The summed E-state index contributed by atoms with van der Waals surface area (Å²) < 4.78 is 31.6. The molecule has 3 heteroatoms. The van der Waals surface area contributed by atoms with E-state index in [0.717, 1.165) is 37.7 Å². The van der Waals surface area contributed by atoms with E-state index in [-0.39, 0.29) is 23.5 Å². The van der Waals surface area contributed by atoms with Gasteiger partial charge in [0.05, 0.1) is 15.5 Å². The minimum Gasteiger partial charge on any atom is -0.228 e. The lowest BCUT2D eigenvalue weighted by atomic mass is 9.82. The third-order valence-corrected chi connectivity index (χ3v) is 11.5. The normalized spacial score (nSPS) is 13.8. The Morgan fingerprint density at radius 2 is 1.04 bits per heavy atom. The van der Waals surface area contributed by atoms with Crippen LogP contribution in [0.25, 0.3) is 87.5 Å². The summed E-state index contributed by atoms with van der Waals surface area (Å²) in [6.07, 6.45) is 0. The SMILES string of the molecule is [2H]c1c(-c2ccccc2)c([2H])c(-c2cc(-c3ccc4c(c3)C(C)(C)c3ccccc3-4)nc(-c3ccccc3)n2)c([2H])c1-c1ccc2sc3ccccc3c2c1. The molecule has 10 rings (SSSR count). The van der Waals surface area contributed by atoms with E-state index in [0.29, 0.717) is 33.9 Å². The molecule has 0 spiro atoms. The van der Waals surface area contributed by atoms with Crippen molar-refractivity contribution in [2.45, 2.75) is 19.3 Å². The minimum atomic E-state index is -0.193. The average Bonchev–Trinajstić information content (AvgIpc) is 3.70. The molecule has 0 atom stereocenters. The van der Waals surface area contributed by atoms with Gasteiger partial charge < -0.3 is 0 Å². The molecule has 0 bridgehead atoms. The summed E-state index contributed by atoms with van der Waals surface area (Å²) in [4.78, 5) is 10.3. The predicted molar refractivity (Wildman–Crippen MR) is 220 cm³/mol. The van der Waals surface area contributed by atoms with E-state index in [2.05, 4.69) is 86.6 Å². The number of rotatable bonds is 5. The Bertz CT molecular complexity index is 2990. The van der Waals surface area contributed by atoms with Crippen LogP contribution in [0.4, 0.5) is 0 Å². The number of fused-ring (bicyclic) bond motifs is 6. The van der Waals surface area contributed by atoms with Gasteiger partial charge in [0, 0.05) is 42.3 Å². The molecule has 246 valence electrons. The molecule has 2 aromatic heterocycles. The number of thiophene rings is 1. The number of hydrogen-bond donors (Lipinski definition) is 0. The topological polar surface area (TPSA) is 25.8 Å². The first kappa shape index (κ1) is 27.5. The molecule has 0 unspecified atom stereocenters. The maximum absolute atomic E-state index is 9.88. The fourth-order valence-corrected chi connectivity index (χ4v) is 8.76. The molecular formula is C49H34N2S. The highest BCUT2D eigenvalue weighted by Crippen LogP contribution is 2.49. The van der Waals surface area contributed by atoms with E-state index in [4.69, 9.17) is 9.97 Å². The molecule has 0 saturated carbocycles. The molecule has 2 nitrogen and oxygen atoms in total. The van der Waals surface area contributed by atoms with Gasteiger partial charge in [-0.25, -0.2) is 9.97 Å². The Morgan fingerprint density at radius 1 is 0.442 bits per heavy atom. The van der Waals surface area contributed by atoms with Gasteiger partial charge in [0.2, 0.25) is 0 Å². The van der Waals surface area contributed by atoms with Crippen LogP contribution < -0.4 is 0 Å². The maximum Gasteiger partial charge on any atom is 0.160 e. The van der Waals surface area contributed by atoms with Crippen LogP contribution in [0.1, 0.15) is 29.1 Å². The van der Waals surface area contributed by atoms with Crippen LogP contribution in [0.3, 0.4) is 0 Å². The zero-order chi connectivity index (χ0) is 37.4.